The lowest BCUT2D eigenvalue weighted by Gasteiger charge is -2.13. The average Bonchev–Trinajstić information content (AvgIpc) is 2.47. The molecule has 7 nitrogen and oxygen atoms in total. The highest BCUT2D eigenvalue weighted by atomic mass is 16.4. The second-order valence-electron chi connectivity index (χ2n) is 4.60. The van der Waals surface area contributed by atoms with E-state index in [2.05, 4.69) is 15.5 Å². The van der Waals surface area contributed by atoms with Crippen LogP contribution in [0, 0.1) is 0 Å². The Hall–Kier alpha value is -2.70. The Balaban J connectivity index is 2.38. The third-order valence-corrected chi connectivity index (χ3v) is 3.09. The molecule has 0 saturated heterocycles. The number of aliphatic carboxylic acids is 1. The van der Waals surface area contributed by atoms with Crippen molar-refractivity contribution in [3.05, 3.63) is 40.3 Å². The van der Waals surface area contributed by atoms with Crippen molar-refractivity contribution in [3.63, 3.8) is 0 Å². The number of carbonyl (C=O) groups excluding carboxylic acids is 1. The molecule has 7 heteroatoms. The molecule has 0 spiro atoms. The van der Waals surface area contributed by atoms with Crippen molar-refractivity contribution in [3.8, 4) is 0 Å². The molecule has 0 bridgehead atoms. The molecule has 1 amide bonds. The molecule has 1 atom stereocenters. The summed E-state index contributed by atoms with van der Waals surface area (Å²) >= 11 is 0. The molecular weight excluding hydrogens is 274 g/mol. The SMILES string of the molecule is CCCC(NC(=O)c1n[nH]c(=O)c2ccccc12)C(=O)O. The summed E-state index contributed by atoms with van der Waals surface area (Å²) in [5.74, 6) is -1.72. The van der Waals surface area contributed by atoms with Crippen LogP contribution in [0.25, 0.3) is 10.8 Å². The second-order valence-corrected chi connectivity index (χ2v) is 4.60. The van der Waals surface area contributed by atoms with E-state index in [9.17, 15) is 14.4 Å². The number of carboxylic acids is 1. The maximum absolute atomic E-state index is 12.2. The van der Waals surface area contributed by atoms with Crippen LogP contribution in [-0.2, 0) is 4.79 Å². The van der Waals surface area contributed by atoms with Gasteiger partial charge in [0.1, 0.15) is 6.04 Å². The Kier molecular flexibility index (Phi) is 4.32. The van der Waals surface area contributed by atoms with Crippen LogP contribution in [0.3, 0.4) is 0 Å². The zero-order valence-corrected chi connectivity index (χ0v) is 11.4. The maximum Gasteiger partial charge on any atom is 0.326 e. The Morgan fingerprint density at radius 1 is 1.33 bits per heavy atom. The molecule has 1 aromatic carbocycles. The Bertz CT molecular complexity index is 738. The summed E-state index contributed by atoms with van der Waals surface area (Å²) in [6.07, 6.45) is 0.944. The molecule has 3 N–H and O–H groups in total. The molecule has 0 aliphatic carbocycles. The normalized spacial score (nSPS) is 12.0. The quantitative estimate of drug-likeness (QED) is 0.757. The van der Waals surface area contributed by atoms with Crippen molar-refractivity contribution in [2.75, 3.05) is 0 Å². The summed E-state index contributed by atoms with van der Waals surface area (Å²) in [6, 6.07) is 5.56. The number of hydrogen-bond donors (Lipinski definition) is 3. The Morgan fingerprint density at radius 2 is 2.00 bits per heavy atom. The molecule has 1 aromatic heterocycles. The van der Waals surface area contributed by atoms with Crippen LogP contribution < -0.4 is 10.9 Å². The van der Waals surface area contributed by atoms with Crippen LogP contribution >= 0.6 is 0 Å². The molecule has 0 aliphatic rings. The summed E-state index contributed by atoms with van der Waals surface area (Å²) < 4.78 is 0. The predicted molar refractivity (Wildman–Crippen MR) is 76.2 cm³/mol. The number of nitrogens with one attached hydrogen (secondary N) is 2. The molecule has 0 saturated carbocycles. The Labute approximate surface area is 120 Å². The van der Waals surface area contributed by atoms with Gasteiger partial charge in [0.2, 0.25) is 0 Å². The van der Waals surface area contributed by atoms with E-state index in [1.54, 1.807) is 24.3 Å². The van der Waals surface area contributed by atoms with Crippen molar-refractivity contribution in [1.82, 2.24) is 15.5 Å². The predicted octanol–water partition coefficient (Wildman–Crippen LogP) is 0.906. The van der Waals surface area contributed by atoms with E-state index in [0.29, 0.717) is 23.6 Å². The number of H-pyrrole nitrogens is 1. The van der Waals surface area contributed by atoms with Gasteiger partial charge in [0, 0.05) is 5.39 Å². The summed E-state index contributed by atoms with van der Waals surface area (Å²) in [6.45, 7) is 1.83. The van der Waals surface area contributed by atoms with Gasteiger partial charge >= 0.3 is 5.97 Å². The molecule has 2 rings (SSSR count). The topological polar surface area (TPSA) is 112 Å². The standard InChI is InChI=1S/C14H15N3O4/c1-2-5-10(14(20)21)15-13(19)11-8-6-3-4-7-9(8)12(18)17-16-11/h3-4,6-7,10H,2,5H2,1H3,(H,15,19)(H,17,18)(H,20,21). The first-order valence-corrected chi connectivity index (χ1v) is 6.55. The maximum atomic E-state index is 12.2. The van der Waals surface area contributed by atoms with Crippen molar-refractivity contribution in [2.45, 2.75) is 25.8 Å². The molecular formula is C14H15N3O4. The molecule has 1 heterocycles. The number of amides is 1. The minimum absolute atomic E-state index is 0.00699. The minimum Gasteiger partial charge on any atom is -0.480 e. The third kappa shape index (κ3) is 3.07. The van der Waals surface area contributed by atoms with Gasteiger partial charge in [0.25, 0.3) is 11.5 Å². The van der Waals surface area contributed by atoms with E-state index in [4.69, 9.17) is 5.11 Å². The molecule has 0 aliphatic heterocycles. The molecule has 0 fully saturated rings. The van der Waals surface area contributed by atoms with Crippen molar-refractivity contribution in [1.29, 1.82) is 0 Å². The van der Waals surface area contributed by atoms with E-state index >= 15 is 0 Å². The number of hydrogen-bond acceptors (Lipinski definition) is 4. The smallest absolute Gasteiger partial charge is 0.326 e. The van der Waals surface area contributed by atoms with Gasteiger partial charge in [0.15, 0.2) is 5.69 Å². The number of aromatic nitrogens is 2. The van der Waals surface area contributed by atoms with E-state index in [-0.39, 0.29) is 5.69 Å². The molecule has 21 heavy (non-hydrogen) atoms. The zero-order chi connectivity index (χ0) is 15.4. The van der Waals surface area contributed by atoms with E-state index in [0.717, 1.165) is 0 Å². The summed E-state index contributed by atoms with van der Waals surface area (Å²) in [4.78, 5) is 34.9. The summed E-state index contributed by atoms with van der Waals surface area (Å²) in [5.41, 5.74) is -0.391. The molecule has 0 radical (unpaired) electrons. The monoisotopic (exact) mass is 289 g/mol. The number of fused-ring (bicyclic) bond motifs is 1. The van der Waals surface area contributed by atoms with Crippen LogP contribution in [-0.4, -0.2) is 33.2 Å². The van der Waals surface area contributed by atoms with Gasteiger partial charge in [0.05, 0.1) is 5.39 Å². The van der Waals surface area contributed by atoms with Gasteiger partial charge in [-0.2, -0.15) is 5.10 Å². The lowest BCUT2D eigenvalue weighted by molar-refractivity contribution is -0.139. The highest BCUT2D eigenvalue weighted by Crippen LogP contribution is 2.12. The fourth-order valence-electron chi connectivity index (χ4n) is 2.06. The van der Waals surface area contributed by atoms with E-state index in [1.165, 1.54) is 0 Å². The van der Waals surface area contributed by atoms with Crippen molar-refractivity contribution < 1.29 is 14.7 Å². The lowest BCUT2D eigenvalue weighted by atomic mass is 10.1. The minimum atomic E-state index is -1.10. The van der Waals surface area contributed by atoms with Crippen LogP contribution in [0.2, 0.25) is 0 Å². The first kappa shape index (κ1) is 14.7. The van der Waals surface area contributed by atoms with Gasteiger partial charge in [-0.15, -0.1) is 0 Å². The number of aromatic amines is 1. The third-order valence-electron chi connectivity index (χ3n) is 3.09. The van der Waals surface area contributed by atoms with Gasteiger partial charge in [-0.25, -0.2) is 9.89 Å². The molecule has 110 valence electrons. The lowest BCUT2D eigenvalue weighted by Crippen LogP contribution is -2.41. The number of carbonyl (C=O) groups is 2. The van der Waals surface area contributed by atoms with E-state index in [1.807, 2.05) is 6.92 Å². The molecule has 1 unspecified atom stereocenters. The van der Waals surface area contributed by atoms with Crippen LogP contribution in [0.1, 0.15) is 30.3 Å². The van der Waals surface area contributed by atoms with Gasteiger partial charge in [-0.05, 0) is 12.5 Å². The Morgan fingerprint density at radius 3 is 2.62 bits per heavy atom. The van der Waals surface area contributed by atoms with Crippen LogP contribution in [0.15, 0.2) is 29.1 Å². The van der Waals surface area contributed by atoms with Gasteiger partial charge in [-0.1, -0.05) is 31.5 Å². The zero-order valence-electron chi connectivity index (χ0n) is 11.4. The highest BCUT2D eigenvalue weighted by Gasteiger charge is 2.22. The fraction of sp³-hybridized carbons (Fsp3) is 0.286. The largest absolute Gasteiger partial charge is 0.480 e. The van der Waals surface area contributed by atoms with Crippen LogP contribution in [0.5, 0.6) is 0 Å². The van der Waals surface area contributed by atoms with Gasteiger partial charge in [-0.3, -0.25) is 9.59 Å². The average molecular weight is 289 g/mol. The number of rotatable bonds is 5. The summed E-state index contributed by atoms with van der Waals surface area (Å²) in [5, 5.41) is 18.2. The number of nitrogens with zero attached hydrogens (tertiary/aromatic N) is 1. The fourth-order valence-corrected chi connectivity index (χ4v) is 2.06. The van der Waals surface area contributed by atoms with Gasteiger partial charge < -0.3 is 10.4 Å². The first-order chi connectivity index (χ1) is 10.0. The summed E-state index contributed by atoms with van der Waals surface area (Å²) in [7, 11) is 0. The van der Waals surface area contributed by atoms with Crippen molar-refractivity contribution >= 4 is 22.6 Å². The van der Waals surface area contributed by atoms with Crippen LogP contribution in [0.4, 0.5) is 0 Å². The highest BCUT2D eigenvalue weighted by molar-refractivity contribution is 6.05. The second kappa shape index (κ2) is 6.17. The first-order valence-electron chi connectivity index (χ1n) is 6.55. The number of carboxylic acid groups (broad SMARTS) is 1. The van der Waals surface area contributed by atoms with Crippen molar-refractivity contribution in [2.24, 2.45) is 0 Å². The molecule has 2 aromatic rings. The van der Waals surface area contributed by atoms with E-state index < -0.39 is 23.5 Å². The number of benzene rings is 1.